The molecule has 0 bridgehead atoms. The van der Waals surface area contributed by atoms with Crippen LogP contribution in [0.3, 0.4) is 0 Å². The van der Waals surface area contributed by atoms with Gasteiger partial charge in [-0.05, 0) is 80.5 Å². The van der Waals surface area contributed by atoms with Crippen LogP contribution in [0.25, 0.3) is 0 Å². The molecular weight excluding hydrogens is 325 g/mol. The van der Waals surface area contributed by atoms with Gasteiger partial charge in [-0.15, -0.1) is 0 Å². The van der Waals surface area contributed by atoms with Crippen LogP contribution in [-0.4, -0.2) is 18.8 Å². The maximum Gasteiger partial charge on any atom is 0.0642 e. The first-order valence-corrected chi connectivity index (χ1v) is 7.00. The topological polar surface area (TPSA) is 21.3 Å². The van der Waals surface area contributed by atoms with E-state index in [2.05, 4.69) is 73.8 Å². The lowest BCUT2D eigenvalue weighted by molar-refractivity contribution is 0.0128. The Bertz CT molecular complexity index is 376. The van der Waals surface area contributed by atoms with Crippen molar-refractivity contribution in [2.24, 2.45) is 0 Å². The number of methoxy groups -OCH3 is 1. The molecule has 0 spiro atoms. The van der Waals surface area contributed by atoms with E-state index >= 15 is 0 Å². The number of hydrogen-bond donors (Lipinski definition) is 1. The van der Waals surface area contributed by atoms with Crippen molar-refractivity contribution in [1.29, 1.82) is 0 Å². The highest BCUT2D eigenvalue weighted by Gasteiger charge is 2.20. The van der Waals surface area contributed by atoms with E-state index in [0.29, 0.717) is 6.04 Å². The van der Waals surface area contributed by atoms with Crippen molar-refractivity contribution >= 4 is 28.3 Å². The van der Waals surface area contributed by atoms with Gasteiger partial charge in [-0.2, -0.15) is 0 Å². The third-order valence-corrected chi connectivity index (χ3v) is 3.61. The van der Waals surface area contributed by atoms with Crippen LogP contribution in [0, 0.1) is 10.5 Å². The third-order valence-electron chi connectivity index (χ3n) is 2.94. The second-order valence-electron chi connectivity index (χ2n) is 5.17. The standard InChI is InChI=1S/C14H22INO/c1-10-8-12(15)6-7-13(10)16-11(2)9-14(3,4)17-5/h6-8,11,16H,9H2,1-5H3. The fourth-order valence-electron chi connectivity index (χ4n) is 1.93. The van der Waals surface area contributed by atoms with Crippen LogP contribution in [0.1, 0.15) is 32.8 Å². The lowest BCUT2D eigenvalue weighted by Gasteiger charge is -2.28. The first-order valence-electron chi connectivity index (χ1n) is 5.92. The Balaban J connectivity index is 2.65. The van der Waals surface area contributed by atoms with Crippen LogP contribution < -0.4 is 5.32 Å². The first kappa shape index (κ1) is 14.8. The van der Waals surface area contributed by atoms with Gasteiger partial charge in [0, 0.05) is 22.4 Å². The summed E-state index contributed by atoms with van der Waals surface area (Å²) < 4.78 is 6.73. The third kappa shape index (κ3) is 4.84. The van der Waals surface area contributed by atoms with Crippen LogP contribution in [0.15, 0.2) is 18.2 Å². The fraction of sp³-hybridized carbons (Fsp3) is 0.571. The predicted molar refractivity (Wildman–Crippen MR) is 82.7 cm³/mol. The Morgan fingerprint density at radius 3 is 2.59 bits per heavy atom. The van der Waals surface area contributed by atoms with Gasteiger partial charge in [-0.25, -0.2) is 0 Å². The summed E-state index contributed by atoms with van der Waals surface area (Å²) in [6.45, 7) is 8.56. The first-order chi connectivity index (χ1) is 7.84. The Morgan fingerprint density at radius 1 is 1.41 bits per heavy atom. The van der Waals surface area contributed by atoms with Crippen molar-refractivity contribution in [3.63, 3.8) is 0 Å². The molecule has 0 saturated heterocycles. The molecular formula is C14H22INO. The van der Waals surface area contributed by atoms with Crippen LogP contribution in [0.4, 0.5) is 5.69 Å². The van der Waals surface area contributed by atoms with E-state index in [9.17, 15) is 0 Å². The molecule has 0 aromatic heterocycles. The van der Waals surface area contributed by atoms with Crippen molar-refractivity contribution in [1.82, 2.24) is 0 Å². The second kappa shape index (κ2) is 6.05. The molecule has 0 aliphatic heterocycles. The van der Waals surface area contributed by atoms with Gasteiger partial charge in [-0.1, -0.05) is 0 Å². The van der Waals surface area contributed by atoms with Gasteiger partial charge in [0.05, 0.1) is 5.60 Å². The van der Waals surface area contributed by atoms with E-state index in [4.69, 9.17) is 4.74 Å². The van der Waals surface area contributed by atoms with Crippen molar-refractivity contribution in [3.05, 3.63) is 27.3 Å². The van der Waals surface area contributed by atoms with E-state index in [0.717, 1.165) is 6.42 Å². The molecule has 0 fully saturated rings. The van der Waals surface area contributed by atoms with Gasteiger partial charge in [0.1, 0.15) is 0 Å². The molecule has 1 unspecified atom stereocenters. The van der Waals surface area contributed by atoms with Crippen molar-refractivity contribution in [3.8, 4) is 0 Å². The number of nitrogens with one attached hydrogen (secondary N) is 1. The summed E-state index contributed by atoms with van der Waals surface area (Å²) in [6.07, 6.45) is 0.981. The number of ether oxygens (including phenoxy) is 1. The quantitative estimate of drug-likeness (QED) is 0.806. The Kier molecular flexibility index (Phi) is 5.25. The average molecular weight is 347 g/mol. The summed E-state index contributed by atoms with van der Waals surface area (Å²) in [6, 6.07) is 6.86. The number of aryl methyl sites for hydroxylation is 1. The zero-order valence-electron chi connectivity index (χ0n) is 11.3. The molecule has 3 heteroatoms. The molecule has 2 nitrogen and oxygen atoms in total. The molecule has 1 aromatic rings. The van der Waals surface area contributed by atoms with E-state index < -0.39 is 0 Å². The number of rotatable bonds is 5. The molecule has 1 rings (SSSR count). The number of anilines is 1. The number of halogens is 1. The molecule has 17 heavy (non-hydrogen) atoms. The lowest BCUT2D eigenvalue weighted by atomic mass is 9.99. The van der Waals surface area contributed by atoms with Crippen LogP contribution in [0.5, 0.6) is 0 Å². The minimum absolute atomic E-state index is 0.0798. The lowest BCUT2D eigenvalue weighted by Crippen LogP contribution is -2.31. The Hall–Kier alpha value is -0.290. The van der Waals surface area contributed by atoms with Gasteiger partial charge < -0.3 is 10.1 Å². The summed E-state index contributed by atoms with van der Waals surface area (Å²) in [5.41, 5.74) is 2.42. The van der Waals surface area contributed by atoms with E-state index in [1.54, 1.807) is 7.11 Å². The highest BCUT2D eigenvalue weighted by Crippen LogP contribution is 2.22. The minimum atomic E-state index is -0.0798. The van der Waals surface area contributed by atoms with Crippen LogP contribution >= 0.6 is 22.6 Å². The summed E-state index contributed by atoms with van der Waals surface area (Å²) in [7, 11) is 1.77. The summed E-state index contributed by atoms with van der Waals surface area (Å²) >= 11 is 2.34. The van der Waals surface area contributed by atoms with E-state index in [-0.39, 0.29) is 5.60 Å². The van der Waals surface area contributed by atoms with E-state index in [1.165, 1.54) is 14.8 Å². The normalized spacial score (nSPS) is 13.5. The molecule has 1 N–H and O–H groups in total. The van der Waals surface area contributed by atoms with Crippen LogP contribution in [0.2, 0.25) is 0 Å². The van der Waals surface area contributed by atoms with Crippen LogP contribution in [-0.2, 0) is 4.74 Å². The fourth-order valence-corrected chi connectivity index (χ4v) is 2.57. The number of hydrogen-bond acceptors (Lipinski definition) is 2. The van der Waals surface area contributed by atoms with Gasteiger partial charge >= 0.3 is 0 Å². The number of benzene rings is 1. The van der Waals surface area contributed by atoms with Crippen molar-refractivity contribution in [2.75, 3.05) is 12.4 Å². The molecule has 0 aliphatic carbocycles. The summed E-state index contributed by atoms with van der Waals surface area (Å²) in [5, 5.41) is 3.54. The Labute approximate surface area is 118 Å². The molecule has 0 aliphatic rings. The van der Waals surface area contributed by atoms with Gasteiger partial charge in [-0.3, -0.25) is 0 Å². The zero-order chi connectivity index (χ0) is 13.1. The van der Waals surface area contributed by atoms with Gasteiger partial charge in [0.25, 0.3) is 0 Å². The van der Waals surface area contributed by atoms with Crippen molar-refractivity contribution in [2.45, 2.75) is 45.8 Å². The highest BCUT2D eigenvalue weighted by molar-refractivity contribution is 14.1. The monoisotopic (exact) mass is 347 g/mol. The molecule has 1 aromatic carbocycles. The highest BCUT2D eigenvalue weighted by atomic mass is 127. The van der Waals surface area contributed by atoms with Gasteiger partial charge in [0.15, 0.2) is 0 Å². The summed E-state index contributed by atoms with van der Waals surface area (Å²) in [4.78, 5) is 0. The van der Waals surface area contributed by atoms with Crippen molar-refractivity contribution < 1.29 is 4.74 Å². The SMILES string of the molecule is COC(C)(C)CC(C)Nc1ccc(I)cc1C. The maximum atomic E-state index is 5.45. The Morgan fingerprint density at radius 2 is 2.06 bits per heavy atom. The minimum Gasteiger partial charge on any atom is -0.382 e. The average Bonchev–Trinajstić information content (AvgIpc) is 2.21. The summed E-state index contributed by atoms with van der Waals surface area (Å²) in [5.74, 6) is 0. The molecule has 0 saturated carbocycles. The molecule has 0 amide bonds. The second-order valence-corrected chi connectivity index (χ2v) is 6.42. The molecule has 0 radical (unpaired) electrons. The molecule has 96 valence electrons. The maximum absolute atomic E-state index is 5.45. The largest absolute Gasteiger partial charge is 0.382 e. The zero-order valence-corrected chi connectivity index (χ0v) is 13.5. The smallest absolute Gasteiger partial charge is 0.0642 e. The van der Waals surface area contributed by atoms with E-state index in [1.807, 2.05) is 0 Å². The molecule has 1 atom stereocenters. The molecule has 0 heterocycles. The predicted octanol–water partition coefficient (Wildman–Crippen LogP) is 4.22. The van der Waals surface area contributed by atoms with Gasteiger partial charge in [0.2, 0.25) is 0 Å².